The van der Waals surface area contributed by atoms with E-state index in [4.69, 9.17) is 0 Å². The number of nitrogens with one attached hydrogen (secondary N) is 2. The molecule has 5 nitrogen and oxygen atoms in total. The summed E-state index contributed by atoms with van der Waals surface area (Å²) in [5, 5.41) is 1.10. The molecular weight excluding hydrogens is 332 g/mol. The lowest BCUT2D eigenvalue weighted by atomic mass is 10.1. The fourth-order valence-corrected chi connectivity index (χ4v) is 3.07. The number of hydrogen-bond donors (Lipinski definition) is 2. The lowest BCUT2D eigenvalue weighted by Crippen LogP contribution is -2.14. The maximum atomic E-state index is 12.1. The third-order valence-electron chi connectivity index (χ3n) is 3.61. The van der Waals surface area contributed by atoms with E-state index in [9.17, 15) is 4.79 Å². The number of aromatic nitrogens is 4. The molecule has 0 fully saturated rings. The SMILES string of the molecule is Cc1nc2c(Br)[nH]c(-c3c[nH]c4ccccc34)cn-2c1=O. The summed E-state index contributed by atoms with van der Waals surface area (Å²) in [5.74, 6) is 0.598. The van der Waals surface area contributed by atoms with E-state index in [1.54, 1.807) is 17.7 Å². The molecule has 0 amide bonds. The van der Waals surface area contributed by atoms with Gasteiger partial charge in [-0.1, -0.05) is 18.2 Å². The highest BCUT2D eigenvalue weighted by molar-refractivity contribution is 9.10. The van der Waals surface area contributed by atoms with Crippen LogP contribution in [-0.4, -0.2) is 19.5 Å². The second-order valence-electron chi connectivity index (χ2n) is 4.93. The normalized spacial score (nSPS) is 11.5. The summed E-state index contributed by atoms with van der Waals surface area (Å²) in [5.41, 5.74) is 3.31. The zero-order valence-corrected chi connectivity index (χ0v) is 12.7. The Bertz CT molecular complexity index is 995. The number of imidazole rings is 1. The summed E-state index contributed by atoms with van der Waals surface area (Å²) < 4.78 is 2.25. The number of rotatable bonds is 1. The summed E-state index contributed by atoms with van der Waals surface area (Å²) in [6.07, 6.45) is 3.72. The molecule has 2 N–H and O–H groups in total. The molecule has 1 aromatic carbocycles. The molecule has 0 radical (unpaired) electrons. The molecule has 2 aliphatic heterocycles. The van der Waals surface area contributed by atoms with Gasteiger partial charge in [0.2, 0.25) is 0 Å². The number of hydrogen-bond acceptors (Lipinski definition) is 2. The molecule has 0 saturated heterocycles. The van der Waals surface area contributed by atoms with Gasteiger partial charge in [0, 0.05) is 28.9 Å². The largest absolute Gasteiger partial charge is 0.360 e. The van der Waals surface area contributed by atoms with Crippen molar-refractivity contribution in [1.29, 1.82) is 0 Å². The zero-order chi connectivity index (χ0) is 14.6. The van der Waals surface area contributed by atoms with Gasteiger partial charge in [0.05, 0.1) is 5.69 Å². The van der Waals surface area contributed by atoms with Crippen LogP contribution in [0, 0.1) is 6.92 Å². The van der Waals surface area contributed by atoms with Crippen molar-refractivity contribution < 1.29 is 0 Å². The minimum Gasteiger partial charge on any atom is -0.360 e. The van der Waals surface area contributed by atoms with Gasteiger partial charge in [-0.15, -0.1) is 0 Å². The van der Waals surface area contributed by atoms with E-state index in [1.165, 1.54) is 0 Å². The first-order valence-electron chi connectivity index (χ1n) is 6.49. The lowest BCUT2D eigenvalue weighted by Gasteiger charge is -2.08. The second kappa shape index (κ2) is 4.33. The van der Waals surface area contributed by atoms with Crippen molar-refractivity contribution >= 4 is 26.8 Å². The standard InChI is InChI=1S/C15H11BrN4O/c1-8-15(21)20-7-12(19-13(16)14(20)18-8)10-6-17-11-5-3-2-4-9(10)11/h2-7,17,19H,1H3. The molecule has 0 spiro atoms. The first-order chi connectivity index (χ1) is 10.1. The number of aryl methyl sites for hydroxylation is 1. The Morgan fingerprint density at radius 1 is 1.29 bits per heavy atom. The molecule has 2 aromatic rings. The highest BCUT2D eigenvalue weighted by Crippen LogP contribution is 2.29. The predicted octanol–water partition coefficient (Wildman–Crippen LogP) is 3.22. The van der Waals surface area contributed by atoms with Crippen molar-refractivity contribution in [2.45, 2.75) is 6.92 Å². The molecule has 0 saturated carbocycles. The lowest BCUT2D eigenvalue weighted by molar-refractivity contribution is 0.958. The van der Waals surface area contributed by atoms with Gasteiger partial charge in [-0.05, 0) is 28.9 Å². The van der Waals surface area contributed by atoms with Gasteiger partial charge in [-0.3, -0.25) is 9.36 Å². The van der Waals surface area contributed by atoms with E-state index in [1.807, 2.05) is 30.5 Å². The van der Waals surface area contributed by atoms with Crippen LogP contribution in [0.3, 0.4) is 0 Å². The molecule has 0 bridgehead atoms. The Kier molecular flexibility index (Phi) is 2.56. The number of para-hydroxylation sites is 1. The molecule has 0 atom stereocenters. The van der Waals surface area contributed by atoms with E-state index in [2.05, 4.69) is 30.9 Å². The fourth-order valence-electron chi connectivity index (χ4n) is 2.57. The van der Waals surface area contributed by atoms with Crippen molar-refractivity contribution in [2.75, 3.05) is 0 Å². The Hall–Kier alpha value is -2.34. The maximum Gasteiger partial charge on any atom is 0.277 e. The van der Waals surface area contributed by atoms with Crippen LogP contribution in [0.15, 0.2) is 46.1 Å². The summed E-state index contributed by atoms with van der Waals surface area (Å²) in [7, 11) is 0. The summed E-state index contributed by atoms with van der Waals surface area (Å²) >= 11 is 3.46. The van der Waals surface area contributed by atoms with Gasteiger partial charge < -0.3 is 9.97 Å². The van der Waals surface area contributed by atoms with Crippen LogP contribution >= 0.6 is 15.9 Å². The number of fused-ring (bicyclic) bond motifs is 2. The van der Waals surface area contributed by atoms with Crippen LogP contribution in [0.25, 0.3) is 28.0 Å². The summed E-state index contributed by atoms with van der Waals surface area (Å²) in [4.78, 5) is 22.9. The Morgan fingerprint density at radius 3 is 2.95 bits per heavy atom. The van der Waals surface area contributed by atoms with Crippen LogP contribution in [0.5, 0.6) is 0 Å². The van der Waals surface area contributed by atoms with Gasteiger partial charge in [0.1, 0.15) is 10.3 Å². The van der Waals surface area contributed by atoms with E-state index in [-0.39, 0.29) is 5.56 Å². The van der Waals surface area contributed by atoms with E-state index >= 15 is 0 Å². The van der Waals surface area contributed by atoms with Gasteiger partial charge in [0.25, 0.3) is 5.56 Å². The predicted molar refractivity (Wildman–Crippen MR) is 85.1 cm³/mol. The molecule has 0 aliphatic carbocycles. The van der Waals surface area contributed by atoms with Gasteiger partial charge in [-0.2, -0.15) is 0 Å². The molecule has 4 rings (SSSR count). The molecule has 1 aromatic heterocycles. The highest BCUT2D eigenvalue weighted by Gasteiger charge is 2.17. The number of nitrogens with zero attached hydrogens (tertiary/aromatic N) is 2. The Morgan fingerprint density at radius 2 is 2.10 bits per heavy atom. The molecule has 2 aliphatic rings. The summed E-state index contributed by atoms with van der Waals surface area (Å²) in [6.45, 7) is 1.72. The Labute approximate surface area is 128 Å². The van der Waals surface area contributed by atoms with Gasteiger partial charge in [0.15, 0.2) is 5.82 Å². The van der Waals surface area contributed by atoms with E-state index < -0.39 is 0 Å². The van der Waals surface area contributed by atoms with E-state index in [0.717, 1.165) is 22.2 Å². The molecule has 6 heteroatoms. The first kappa shape index (κ1) is 12.4. The van der Waals surface area contributed by atoms with Crippen molar-refractivity contribution in [1.82, 2.24) is 19.5 Å². The number of aromatic amines is 2. The average Bonchev–Trinajstić information content (AvgIpc) is 3.03. The smallest absolute Gasteiger partial charge is 0.277 e. The number of H-pyrrole nitrogens is 2. The topological polar surface area (TPSA) is 66.5 Å². The monoisotopic (exact) mass is 342 g/mol. The molecular formula is C15H11BrN4O. The van der Waals surface area contributed by atoms with Crippen LogP contribution in [0.4, 0.5) is 0 Å². The highest BCUT2D eigenvalue weighted by atomic mass is 79.9. The van der Waals surface area contributed by atoms with Crippen LogP contribution in [0.2, 0.25) is 0 Å². The molecule has 21 heavy (non-hydrogen) atoms. The zero-order valence-electron chi connectivity index (χ0n) is 11.1. The van der Waals surface area contributed by atoms with Crippen LogP contribution < -0.4 is 5.56 Å². The average molecular weight is 343 g/mol. The van der Waals surface area contributed by atoms with Crippen LogP contribution in [-0.2, 0) is 0 Å². The minimum atomic E-state index is -0.0965. The van der Waals surface area contributed by atoms with Crippen molar-refractivity contribution in [3.05, 3.63) is 57.3 Å². The fraction of sp³-hybridized carbons (Fsp3) is 0.0667. The summed E-state index contributed by atoms with van der Waals surface area (Å²) in [6, 6.07) is 8.05. The molecule has 0 unspecified atom stereocenters. The van der Waals surface area contributed by atoms with Crippen molar-refractivity contribution in [2.24, 2.45) is 0 Å². The third-order valence-corrected chi connectivity index (χ3v) is 4.16. The van der Waals surface area contributed by atoms with Crippen molar-refractivity contribution in [3.8, 4) is 17.1 Å². The quantitative estimate of drug-likeness (QED) is 0.557. The number of benzene rings is 1. The molecule has 3 heterocycles. The van der Waals surface area contributed by atoms with Crippen LogP contribution in [0.1, 0.15) is 5.69 Å². The minimum absolute atomic E-state index is 0.0965. The van der Waals surface area contributed by atoms with Gasteiger partial charge in [-0.25, -0.2) is 4.98 Å². The molecule has 104 valence electrons. The third kappa shape index (κ3) is 1.76. The first-order valence-corrected chi connectivity index (χ1v) is 7.28. The number of halogens is 1. The maximum absolute atomic E-state index is 12.1. The second-order valence-corrected chi connectivity index (χ2v) is 5.72. The Balaban J connectivity index is 2.05. The van der Waals surface area contributed by atoms with Crippen molar-refractivity contribution in [3.63, 3.8) is 0 Å². The van der Waals surface area contributed by atoms with Gasteiger partial charge >= 0.3 is 0 Å². The van der Waals surface area contributed by atoms with E-state index in [0.29, 0.717) is 16.1 Å².